The van der Waals surface area contributed by atoms with E-state index >= 15 is 0 Å². The molecule has 0 bridgehead atoms. The van der Waals surface area contributed by atoms with Crippen LogP contribution < -0.4 is 10.6 Å². The van der Waals surface area contributed by atoms with Crippen LogP contribution in [0, 0.1) is 5.41 Å². The first-order valence-corrected chi connectivity index (χ1v) is 9.52. The first-order valence-electron chi connectivity index (χ1n) is 9.52. The van der Waals surface area contributed by atoms with Crippen molar-refractivity contribution in [3.63, 3.8) is 0 Å². The van der Waals surface area contributed by atoms with E-state index in [-0.39, 0.29) is 29.4 Å². The largest absolute Gasteiger partial charge is 0.459 e. The van der Waals surface area contributed by atoms with Crippen molar-refractivity contribution in [2.24, 2.45) is 5.41 Å². The fraction of sp³-hybridized carbons (Fsp3) is 0.450. The summed E-state index contributed by atoms with van der Waals surface area (Å²) in [6, 6.07) is 3.21. The maximum atomic E-state index is 12.7. The SMILES string of the molecule is CC(C)(C)C(=O)Nc1nccnc1C(=O)NC1CCN(C(=O)c2ccco2)CC1. The molecular formula is C20H25N5O4. The molecule has 0 aliphatic carbocycles. The molecule has 0 spiro atoms. The average Bonchev–Trinajstić information content (AvgIpc) is 3.22. The maximum absolute atomic E-state index is 12.7. The number of furan rings is 1. The van der Waals surface area contributed by atoms with Gasteiger partial charge in [0.15, 0.2) is 17.3 Å². The minimum Gasteiger partial charge on any atom is -0.459 e. The van der Waals surface area contributed by atoms with Gasteiger partial charge in [0, 0.05) is 36.9 Å². The molecule has 0 saturated carbocycles. The Hall–Kier alpha value is -3.23. The summed E-state index contributed by atoms with van der Waals surface area (Å²) in [6.45, 7) is 6.35. The summed E-state index contributed by atoms with van der Waals surface area (Å²) in [5.41, 5.74) is -0.558. The minimum atomic E-state index is -0.626. The standard InChI is InChI=1S/C20H25N5O4/c1-20(2,3)19(28)24-16-15(21-8-9-22-16)17(26)23-13-6-10-25(11-7-13)18(27)14-5-4-12-29-14/h4-5,8-9,12-13H,6-7,10-11H2,1-3H3,(H,23,26)(H,22,24,28). The van der Waals surface area contributed by atoms with E-state index in [2.05, 4.69) is 20.6 Å². The lowest BCUT2D eigenvalue weighted by Crippen LogP contribution is -2.46. The van der Waals surface area contributed by atoms with Gasteiger partial charge in [-0.3, -0.25) is 14.4 Å². The summed E-state index contributed by atoms with van der Waals surface area (Å²) in [6.07, 6.45) is 5.53. The van der Waals surface area contributed by atoms with Crippen molar-refractivity contribution in [3.8, 4) is 0 Å². The number of piperidine rings is 1. The van der Waals surface area contributed by atoms with Crippen LogP contribution in [-0.2, 0) is 4.79 Å². The van der Waals surface area contributed by atoms with E-state index in [4.69, 9.17) is 4.42 Å². The van der Waals surface area contributed by atoms with Gasteiger partial charge in [-0.15, -0.1) is 0 Å². The van der Waals surface area contributed by atoms with Crippen molar-refractivity contribution in [1.29, 1.82) is 0 Å². The lowest BCUT2D eigenvalue weighted by molar-refractivity contribution is -0.123. The van der Waals surface area contributed by atoms with Crippen molar-refractivity contribution in [3.05, 3.63) is 42.2 Å². The molecule has 1 aliphatic heterocycles. The first-order chi connectivity index (χ1) is 13.8. The summed E-state index contributed by atoms with van der Waals surface area (Å²) in [5, 5.41) is 5.60. The third-order valence-electron chi connectivity index (χ3n) is 4.68. The third kappa shape index (κ3) is 4.98. The number of nitrogens with one attached hydrogen (secondary N) is 2. The smallest absolute Gasteiger partial charge is 0.289 e. The Balaban J connectivity index is 1.59. The number of nitrogens with zero attached hydrogens (tertiary/aromatic N) is 3. The van der Waals surface area contributed by atoms with E-state index in [9.17, 15) is 14.4 Å². The second-order valence-corrected chi connectivity index (χ2v) is 7.97. The van der Waals surface area contributed by atoms with Gasteiger partial charge in [0.05, 0.1) is 6.26 Å². The first kappa shape index (κ1) is 20.5. The van der Waals surface area contributed by atoms with Crippen molar-refractivity contribution < 1.29 is 18.8 Å². The summed E-state index contributed by atoms with van der Waals surface area (Å²) >= 11 is 0. The highest BCUT2D eigenvalue weighted by Crippen LogP contribution is 2.19. The molecule has 9 nitrogen and oxygen atoms in total. The molecule has 154 valence electrons. The van der Waals surface area contributed by atoms with Crippen LogP contribution in [0.25, 0.3) is 0 Å². The monoisotopic (exact) mass is 399 g/mol. The molecule has 0 aromatic carbocycles. The number of anilines is 1. The molecule has 2 aromatic rings. The van der Waals surface area contributed by atoms with Gasteiger partial charge in [0.1, 0.15) is 0 Å². The number of likely N-dealkylation sites (tertiary alicyclic amines) is 1. The van der Waals surface area contributed by atoms with E-state index in [1.54, 1.807) is 37.8 Å². The molecule has 9 heteroatoms. The molecule has 3 rings (SSSR count). The maximum Gasteiger partial charge on any atom is 0.289 e. The Labute approximate surface area is 168 Å². The Morgan fingerprint density at radius 2 is 1.83 bits per heavy atom. The molecule has 0 unspecified atom stereocenters. The molecule has 2 N–H and O–H groups in total. The van der Waals surface area contributed by atoms with Gasteiger partial charge in [-0.05, 0) is 25.0 Å². The Bertz CT molecular complexity index is 881. The Morgan fingerprint density at radius 1 is 1.14 bits per heavy atom. The predicted octanol–water partition coefficient (Wildman–Crippen LogP) is 2.09. The van der Waals surface area contributed by atoms with Gasteiger partial charge in [0.2, 0.25) is 5.91 Å². The topological polar surface area (TPSA) is 117 Å². The lowest BCUT2D eigenvalue weighted by atomic mass is 9.96. The van der Waals surface area contributed by atoms with Gasteiger partial charge >= 0.3 is 0 Å². The van der Waals surface area contributed by atoms with Crippen molar-refractivity contribution in [2.45, 2.75) is 39.7 Å². The Kier molecular flexibility index (Phi) is 5.95. The van der Waals surface area contributed by atoms with E-state index < -0.39 is 11.3 Å². The van der Waals surface area contributed by atoms with Crippen LogP contribution in [0.4, 0.5) is 5.82 Å². The van der Waals surface area contributed by atoms with E-state index in [1.165, 1.54) is 18.7 Å². The van der Waals surface area contributed by atoms with Gasteiger partial charge < -0.3 is 20.0 Å². The number of aromatic nitrogens is 2. The molecule has 3 amide bonds. The molecule has 1 aliphatic rings. The molecule has 0 radical (unpaired) electrons. The molecular weight excluding hydrogens is 374 g/mol. The zero-order chi connectivity index (χ0) is 21.0. The highest BCUT2D eigenvalue weighted by Gasteiger charge is 2.28. The summed E-state index contributed by atoms with van der Waals surface area (Å²) in [4.78, 5) is 47.2. The van der Waals surface area contributed by atoms with Gasteiger partial charge in [-0.1, -0.05) is 20.8 Å². The van der Waals surface area contributed by atoms with Crippen molar-refractivity contribution >= 4 is 23.5 Å². The number of hydrogen-bond acceptors (Lipinski definition) is 6. The van der Waals surface area contributed by atoms with Crippen LogP contribution in [0.15, 0.2) is 35.2 Å². The summed E-state index contributed by atoms with van der Waals surface area (Å²) < 4.78 is 5.16. The van der Waals surface area contributed by atoms with Gasteiger partial charge in [-0.25, -0.2) is 9.97 Å². The normalized spacial score (nSPS) is 15.1. The van der Waals surface area contributed by atoms with Crippen LogP contribution in [0.3, 0.4) is 0 Å². The van der Waals surface area contributed by atoms with Crippen LogP contribution in [0.1, 0.15) is 54.7 Å². The molecule has 3 heterocycles. The molecule has 1 fully saturated rings. The minimum absolute atomic E-state index is 0.0687. The van der Waals surface area contributed by atoms with Crippen molar-refractivity contribution in [2.75, 3.05) is 18.4 Å². The number of rotatable bonds is 4. The summed E-state index contributed by atoms with van der Waals surface area (Å²) in [5.74, 6) is -0.363. The van der Waals surface area contributed by atoms with E-state index in [0.717, 1.165) is 0 Å². The quantitative estimate of drug-likeness (QED) is 0.813. The van der Waals surface area contributed by atoms with Crippen LogP contribution in [0.5, 0.6) is 0 Å². The van der Waals surface area contributed by atoms with E-state index in [0.29, 0.717) is 31.7 Å². The highest BCUT2D eigenvalue weighted by atomic mass is 16.3. The molecule has 2 aromatic heterocycles. The Morgan fingerprint density at radius 3 is 2.45 bits per heavy atom. The van der Waals surface area contributed by atoms with Crippen molar-refractivity contribution in [1.82, 2.24) is 20.2 Å². The number of carbonyl (C=O) groups excluding carboxylic acids is 3. The zero-order valence-electron chi connectivity index (χ0n) is 16.8. The average molecular weight is 399 g/mol. The molecule has 1 saturated heterocycles. The molecule has 29 heavy (non-hydrogen) atoms. The zero-order valence-corrected chi connectivity index (χ0v) is 16.8. The number of hydrogen-bond donors (Lipinski definition) is 2. The second-order valence-electron chi connectivity index (χ2n) is 7.97. The van der Waals surface area contributed by atoms with Crippen LogP contribution in [0.2, 0.25) is 0 Å². The summed E-state index contributed by atoms with van der Waals surface area (Å²) in [7, 11) is 0. The molecule has 0 atom stereocenters. The van der Waals surface area contributed by atoms with Crippen LogP contribution >= 0.6 is 0 Å². The highest BCUT2D eigenvalue weighted by molar-refractivity contribution is 6.02. The third-order valence-corrected chi connectivity index (χ3v) is 4.68. The fourth-order valence-electron chi connectivity index (χ4n) is 2.93. The van der Waals surface area contributed by atoms with Crippen LogP contribution in [-0.4, -0.2) is 51.7 Å². The second kappa shape index (κ2) is 8.42. The van der Waals surface area contributed by atoms with Gasteiger partial charge in [-0.2, -0.15) is 0 Å². The predicted molar refractivity (Wildman–Crippen MR) is 105 cm³/mol. The van der Waals surface area contributed by atoms with Gasteiger partial charge in [0.25, 0.3) is 11.8 Å². The fourth-order valence-corrected chi connectivity index (χ4v) is 2.93. The number of amides is 3. The van der Waals surface area contributed by atoms with E-state index in [1.807, 2.05) is 0 Å². The lowest BCUT2D eigenvalue weighted by Gasteiger charge is -2.31. The number of carbonyl (C=O) groups is 3.